The van der Waals surface area contributed by atoms with Crippen LogP contribution >= 0.6 is 0 Å². The van der Waals surface area contributed by atoms with Gasteiger partial charge in [0.25, 0.3) is 6.43 Å². The first-order chi connectivity index (χ1) is 20.4. The van der Waals surface area contributed by atoms with Gasteiger partial charge in [0, 0.05) is 30.5 Å². The Kier molecular flexibility index (Phi) is 7.39. The van der Waals surface area contributed by atoms with Crippen molar-refractivity contribution in [2.24, 2.45) is 5.41 Å². The van der Waals surface area contributed by atoms with Crippen LogP contribution in [0.15, 0.2) is 6.07 Å². The first kappa shape index (κ1) is 29.4. The summed E-state index contributed by atoms with van der Waals surface area (Å²) in [5.74, 6) is -3.41. The second-order valence-corrected chi connectivity index (χ2v) is 11.1. The highest BCUT2D eigenvalue weighted by molar-refractivity contribution is 5.96. The highest BCUT2D eigenvalue weighted by atomic mass is 19.4. The fraction of sp³-hybridized carbons (Fsp3) is 0.519. The van der Waals surface area contributed by atoms with Crippen LogP contribution in [0.25, 0.3) is 22.2 Å². The third-order valence-electron chi connectivity index (χ3n) is 7.99. The van der Waals surface area contributed by atoms with E-state index in [1.807, 2.05) is 0 Å². The topological polar surface area (TPSA) is 116 Å². The number of nitrogen functional groups attached to an aromatic ring is 1. The number of nitrogens with two attached hydrogens (primary N) is 1. The molecule has 3 aromatic rings. The van der Waals surface area contributed by atoms with Crippen LogP contribution in [-0.2, 0) is 10.9 Å². The summed E-state index contributed by atoms with van der Waals surface area (Å²) in [4.78, 5) is 12.4. The normalized spacial score (nSPS) is 23.8. The molecule has 0 radical (unpaired) electrons. The van der Waals surface area contributed by atoms with Gasteiger partial charge in [-0.05, 0) is 37.9 Å². The maximum absolute atomic E-state index is 16.4. The van der Waals surface area contributed by atoms with E-state index >= 15 is 4.39 Å². The number of ether oxygens (including phenoxy) is 3. The van der Waals surface area contributed by atoms with Crippen LogP contribution in [0.5, 0.6) is 11.9 Å². The average Bonchev–Trinajstić information content (AvgIpc) is 3.52. The van der Waals surface area contributed by atoms with E-state index in [0.29, 0.717) is 19.2 Å². The SMILES string of the molecule is Cc1c(F)c(N)cc(-c2nc3c4c(nc(OCC56COC(C5)C6)nc4c2F)NCCNCCC(C(F)F)O3)c1C(F)(F)F. The molecule has 16 heteroatoms. The van der Waals surface area contributed by atoms with Gasteiger partial charge in [0.05, 0.1) is 30.6 Å². The summed E-state index contributed by atoms with van der Waals surface area (Å²) in [7, 11) is 0. The highest BCUT2D eigenvalue weighted by Gasteiger charge is 2.52. The number of nitrogens with zero attached hydrogens (tertiary/aromatic N) is 3. The van der Waals surface area contributed by atoms with Crippen molar-refractivity contribution < 1.29 is 44.9 Å². The minimum atomic E-state index is -5.16. The molecule has 3 aliphatic heterocycles. The third kappa shape index (κ3) is 5.34. The van der Waals surface area contributed by atoms with E-state index < -0.39 is 69.8 Å². The molecule has 3 fully saturated rings. The predicted octanol–water partition coefficient (Wildman–Crippen LogP) is 4.85. The number of halogens is 7. The number of aromatic nitrogens is 3. The second kappa shape index (κ2) is 10.8. The Bertz CT molecular complexity index is 1560. The average molecular weight is 617 g/mol. The zero-order valence-corrected chi connectivity index (χ0v) is 22.8. The number of alkyl halides is 5. The summed E-state index contributed by atoms with van der Waals surface area (Å²) in [6.07, 6.45) is -8.49. The number of nitrogens with one attached hydrogen (secondary N) is 2. The van der Waals surface area contributed by atoms with Gasteiger partial charge in [0.15, 0.2) is 11.9 Å². The Morgan fingerprint density at radius 2 is 1.88 bits per heavy atom. The fourth-order valence-corrected chi connectivity index (χ4v) is 5.78. The molecule has 9 nitrogen and oxygen atoms in total. The van der Waals surface area contributed by atoms with Gasteiger partial charge < -0.3 is 30.6 Å². The molecule has 7 rings (SSSR count). The monoisotopic (exact) mass is 616 g/mol. The third-order valence-corrected chi connectivity index (χ3v) is 7.99. The number of benzene rings is 1. The van der Waals surface area contributed by atoms with Gasteiger partial charge in [-0.1, -0.05) is 0 Å². The molecule has 232 valence electrons. The predicted molar refractivity (Wildman–Crippen MR) is 140 cm³/mol. The summed E-state index contributed by atoms with van der Waals surface area (Å²) < 4.78 is 119. The number of hydrogen-bond donors (Lipinski definition) is 3. The lowest BCUT2D eigenvalue weighted by molar-refractivity contribution is -0.137. The zero-order chi connectivity index (χ0) is 30.7. The number of anilines is 2. The molecule has 43 heavy (non-hydrogen) atoms. The van der Waals surface area contributed by atoms with Crippen molar-refractivity contribution >= 4 is 22.4 Å². The molecule has 0 amide bonds. The van der Waals surface area contributed by atoms with Crippen LogP contribution < -0.4 is 25.8 Å². The van der Waals surface area contributed by atoms with Gasteiger partial charge in [-0.25, -0.2) is 22.5 Å². The van der Waals surface area contributed by atoms with Gasteiger partial charge in [-0.15, -0.1) is 0 Å². The second-order valence-electron chi connectivity index (χ2n) is 11.1. The van der Waals surface area contributed by atoms with Crippen molar-refractivity contribution in [3.63, 3.8) is 0 Å². The van der Waals surface area contributed by atoms with Gasteiger partial charge >= 0.3 is 12.2 Å². The molecule has 2 saturated heterocycles. The van der Waals surface area contributed by atoms with E-state index in [4.69, 9.17) is 19.9 Å². The van der Waals surface area contributed by atoms with Gasteiger partial charge in [0.1, 0.15) is 28.2 Å². The van der Waals surface area contributed by atoms with Crippen molar-refractivity contribution in [2.75, 3.05) is 43.9 Å². The van der Waals surface area contributed by atoms with E-state index in [0.717, 1.165) is 19.8 Å². The summed E-state index contributed by atoms with van der Waals surface area (Å²) in [6, 6.07) is 0.291. The van der Waals surface area contributed by atoms with Gasteiger partial charge in [0.2, 0.25) is 5.88 Å². The number of hydrogen-bond acceptors (Lipinski definition) is 9. The molecule has 1 aliphatic carbocycles. The molecule has 5 heterocycles. The molecule has 1 unspecified atom stereocenters. The summed E-state index contributed by atoms with van der Waals surface area (Å²) >= 11 is 0. The van der Waals surface area contributed by atoms with Crippen molar-refractivity contribution in [2.45, 2.75) is 51.0 Å². The van der Waals surface area contributed by atoms with E-state index in [2.05, 4.69) is 25.6 Å². The van der Waals surface area contributed by atoms with Gasteiger partial charge in [-0.3, -0.25) is 0 Å². The number of fused-ring (bicyclic) bond motifs is 1. The molecular formula is C27H27F7N6O3. The Balaban J connectivity index is 1.58. The van der Waals surface area contributed by atoms with Crippen LogP contribution in [0.4, 0.5) is 42.2 Å². The van der Waals surface area contributed by atoms with Crippen molar-refractivity contribution in [1.82, 2.24) is 20.3 Å². The molecule has 1 saturated carbocycles. The van der Waals surface area contributed by atoms with Crippen molar-refractivity contribution in [1.29, 1.82) is 0 Å². The van der Waals surface area contributed by atoms with Crippen LogP contribution in [0.3, 0.4) is 0 Å². The maximum Gasteiger partial charge on any atom is 0.417 e. The highest BCUT2D eigenvalue weighted by Crippen LogP contribution is 2.50. The Hall–Kier alpha value is -3.66. The summed E-state index contributed by atoms with van der Waals surface area (Å²) in [5.41, 5.74) is -0.202. The largest absolute Gasteiger partial charge is 0.468 e. The Labute approximate surface area is 240 Å². The summed E-state index contributed by atoms with van der Waals surface area (Å²) in [5, 5.41) is 5.66. The van der Waals surface area contributed by atoms with Crippen LogP contribution in [0.2, 0.25) is 0 Å². The lowest BCUT2D eigenvalue weighted by atomic mass is 9.71. The maximum atomic E-state index is 16.4. The first-order valence-corrected chi connectivity index (χ1v) is 13.6. The van der Waals surface area contributed by atoms with Crippen molar-refractivity contribution in [3.8, 4) is 23.1 Å². The van der Waals surface area contributed by atoms with Crippen LogP contribution in [0.1, 0.15) is 30.4 Å². The molecular weight excluding hydrogens is 589 g/mol. The molecule has 4 N–H and O–H groups in total. The molecule has 1 atom stereocenters. The fourth-order valence-electron chi connectivity index (χ4n) is 5.78. The molecule has 1 aromatic carbocycles. The minimum Gasteiger partial charge on any atom is -0.468 e. The Morgan fingerprint density at radius 3 is 2.56 bits per heavy atom. The molecule has 4 aliphatic rings. The summed E-state index contributed by atoms with van der Waals surface area (Å²) in [6.45, 7) is 2.07. The van der Waals surface area contributed by atoms with E-state index in [1.54, 1.807) is 0 Å². The van der Waals surface area contributed by atoms with E-state index in [9.17, 15) is 26.3 Å². The van der Waals surface area contributed by atoms with E-state index in [-0.39, 0.29) is 54.9 Å². The quantitative estimate of drug-likeness (QED) is 0.273. The van der Waals surface area contributed by atoms with Crippen molar-refractivity contribution in [3.05, 3.63) is 28.8 Å². The van der Waals surface area contributed by atoms with Crippen LogP contribution in [0, 0.1) is 24.0 Å². The molecule has 2 aromatic heterocycles. The molecule has 2 bridgehead atoms. The number of pyridine rings is 1. The number of rotatable bonds is 5. The smallest absolute Gasteiger partial charge is 0.417 e. The Morgan fingerprint density at radius 1 is 1.12 bits per heavy atom. The first-order valence-electron chi connectivity index (χ1n) is 13.6. The zero-order valence-electron chi connectivity index (χ0n) is 22.8. The minimum absolute atomic E-state index is 0.0813. The van der Waals surface area contributed by atoms with E-state index in [1.165, 1.54) is 0 Å². The lowest BCUT2D eigenvalue weighted by Gasteiger charge is -2.34. The van der Waals surface area contributed by atoms with Crippen LogP contribution in [-0.4, -0.2) is 66.4 Å². The molecule has 0 spiro atoms. The van der Waals surface area contributed by atoms with Gasteiger partial charge in [-0.2, -0.15) is 23.1 Å². The standard InChI is InChI=1S/C27H27F7N6O3/c1-11-17(27(32,33)34)13(6-14(35)18(11)28)20-19(29)21-16-23(40-25(39-21)42-10-26-7-12(8-26)41-9-26)37-5-4-36-3-2-15(22(30)31)43-24(16)38-20/h6,12,15,22,36H,2-5,7-10,35H2,1H3,(H,37,39,40). The lowest BCUT2D eigenvalue weighted by Crippen LogP contribution is -2.38.